The molecule has 1 fully saturated rings. The van der Waals surface area contributed by atoms with Crippen molar-refractivity contribution < 1.29 is 19.1 Å². The lowest BCUT2D eigenvalue weighted by Gasteiger charge is -2.17. The summed E-state index contributed by atoms with van der Waals surface area (Å²) in [5.74, 6) is -0.278. The van der Waals surface area contributed by atoms with Crippen molar-refractivity contribution in [2.75, 3.05) is 18.6 Å². The van der Waals surface area contributed by atoms with E-state index in [1.807, 2.05) is 19.1 Å². The predicted molar refractivity (Wildman–Crippen MR) is 95.3 cm³/mol. The summed E-state index contributed by atoms with van der Waals surface area (Å²) in [5, 5.41) is 0.588. The van der Waals surface area contributed by atoms with Crippen molar-refractivity contribution >= 4 is 29.2 Å². The average molecular weight is 360 g/mol. The fourth-order valence-corrected chi connectivity index (χ4v) is 2.93. The van der Waals surface area contributed by atoms with Crippen LogP contribution in [0.1, 0.15) is 12.0 Å². The van der Waals surface area contributed by atoms with E-state index in [1.165, 1.54) is 7.11 Å². The summed E-state index contributed by atoms with van der Waals surface area (Å²) in [6.45, 7) is 2.16. The van der Waals surface area contributed by atoms with Crippen LogP contribution < -0.4 is 14.4 Å². The maximum absolute atomic E-state index is 12.4. The molecule has 0 unspecified atom stereocenters. The van der Waals surface area contributed by atoms with Crippen molar-refractivity contribution in [3.05, 3.63) is 53.1 Å². The smallest absolute Gasteiger partial charge is 0.316 e. The highest BCUT2D eigenvalue weighted by molar-refractivity contribution is 6.31. The Labute approximate surface area is 151 Å². The van der Waals surface area contributed by atoms with Gasteiger partial charge in [0, 0.05) is 23.7 Å². The summed E-state index contributed by atoms with van der Waals surface area (Å²) < 4.78 is 10.6. The summed E-state index contributed by atoms with van der Waals surface area (Å²) >= 11 is 6.14. The molecule has 0 spiro atoms. The van der Waals surface area contributed by atoms with Gasteiger partial charge in [0.15, 0.2) is 11.5 Å². The first kappa shape index (κ1) is 17.3. The van der Waals surface area contributed by atoms with Crippen molar-refractivity contribution in [1.29, 1.82) is 0 Å². The first-order valence-electron chi connectivity index (χ1n) is 7.91. The molecule has 5 nitrogen and oxygen atoms in total. The lowest BCUT2D eigenvalue weighted by atomic mass is 10.1. The molecular formula is C19H18ClNO4. The lowest BCUT2D eigenvalue weighted by molar-refractivity contribution is -0.139. The standard InChI is InChI=1S/C19H18ClNO4/c1-12-7-8-14(10-15(12)20)21-11-13(9-18(21)22)19(23)25-17-6-4-3-5-16(17)24-2/h3-8,10,13H,9,11H2,1-2H3/t13-/m1/s1. The molecule has 1 aliphatic heterocycles. The molecule has 0 bridgehead atoms. The minimum atomic E-state index is -0.530. The van der Waals surface area contributed by atoms with Crippen LogP contribution in [-0.2, 0) is 9.59 Å². The SMILES string of the molecule is COc1ccccc1OC(=O)[C@@H]1CC(=O)N(c2ccc(C)c(Cl)c2)C1. The molecule has 1 aliphatic rings. The fourth-order valence-electron chi connectivity index (χ4n) is 2.76. The zero-order valence-corrected chi connectivity index (χ0v) is 14.7. The van der Waals surface area contributed by atoms with Gasteiger partial charge in [-0.05, 0) is 36.8 Å². The maximum Gasteiger partial charge on any atom is 0.316 e. The summed E-state index contributed by atoms with van der Waals surface area (Å²) in [6.07, 6.45) is 0.111. The van der Waals surface area contributed by atoms with Gasteiger partial charge in [-0.2, -0.15) is 0 Å². The minimum Gasteiger partial charge on any atom is -0.493 e. The molecule has 0 saturated carbocycles. The van der Waals surface area contributed by atoms with Gasteiger partial charge in [0.1, 0.15) is 0 Å². The van der Waals surface area contributed by atoms with Crippen molar-refractivity contribution in [3.8, 4) is 11.5 Å². The number of halogens is 1. The molecule has 1 atom stereocenters. The van der Waals surface area contributed by atoms with Crippen LogP contribution in [-0.4, -0.2) is 25.5 Å². The van der Waals surface area contributed by atoms with Crippen LogP contribution in [0, 0.1) is 12.8 Å². The highest BCUT2D eigenvalue weighted by Crippen LogP contribution is 2.31. The van der Waals surface area contributed by atoms with Gasteiger partial charge < -0.3 is 14.4 Å². The maximum atomic E-state index is 12.4. The van der Waals surface area contributed by atoms with Gasteiger partial charge in [0.05, 0.1) is 13.0 Å². The van der Waals surface area contributed by atoms with Crippen LogP contribution in [0.5, 0.6) is 11.5 Å². The normalized spacial score (nSPS) is 16.8. The zero-order chi connectivity index (χ0) is 18.0. The number of ether oxygens (including phenoxy) is 2. The molecule has 1 saturated heterocycles. The van der Waals surface area contributed by atoms with Gasteiger partial charge in [0.2, 0.25) is 5.91 Å². The lowest BCUT2D eigenvalue weighted by Crippen LogP contribution is -2.27. The largest absolute Gasteiger partial charge is 0.493 e. The van der Waals surface area contributed by atoms with Crippen LogP contribution in [0.4, 0.5) is 5.69 Å². The topological polar surface area (TPSA) is 55.8 Å². The number of esters is 1. The first-order chi connectivity index (χ1) is 12.0. The van der Waals surface area contributed by atoms with Crippen molar-refractivity contribution in [2.24, 2.45) is 5.92 Å². The number of hydrogen-bond donors (Lipinski definition) is 0. The molecule has 0 N–H and O–H groups in total. The molecule has 1 amide bonds. The van der Waals surface area contributed by atoms with Crippen molar-refractivity contribution in [1.82, 2.24) is 0 Å². The van der Waals surface area contributed by atoms with Gasteiger partial charge in [-0.15, -0.1) is 0 Å². The Morgan fingerprint density at radius 2 is 1.92 bits per heavy atom. The number of nitrogens with zero attached hydrogens (tertiary/aromatic N) is 1. The molecule has 3 rings (SSSR count). The number of methoxy groups -OCH3 is 1. The summed E-state index contributed by atoms with van der Waals surface area (Å²) in [6, 6.07) is 12.3. The second-order valence-corrected chi connectivity index (χ2v) is 6.32. The number of carbonyl (C=O) groups is 2. The molecule has 0 aromatic heterocycles. The van der Waals surface area contributed by atoms with Gasteiger partial charge in [-0.1, -0.05) is 29.8 Å². The number of aryl methyl sites for hydroxylation is 1. The quantitative estimate of drug-likeness (QED) is 0.618. The van der Waals surface area contributed by atoms with Crippen LogP contribution in [0.2, 0.25) is 5.02 Å². The molecule has 2 aromatic carbocycles. The van der Waals surface area contributed by atoms with Crippen LogP contribution in [0.3, 0.4) is 0 Å². The highest BCUT2D eigenvalue weighted by atomic mass is 35.5. The summed E-state index contributed by atoms with van der Waals surface area (Å²) in [5.41, 5.74) is 1.62. The molecule has 0 aliphatic carbocycles. The Balaban J connectivity index is 1.73. The molecule has 1 heterocycles. The van der Waals surface area contributed by atoms with Crippen LogP contribution in [0.25, 0.3) is 0 Å². The second-order valence-electron chi connectivity index (χ2n) is 5.91. The number of hydrogen-bond acceptors (Lipinski definition) is 4. The van der Waals surface area contributed by atoms with E-state index >= 15 is 0 Å². The molecule has 130 valence electrons. The molecule has 6 heteroatoms. The molecule has 0 radical (unpaired) electrons. The van der Waals surface area contributed by atoms with E-state index in [0.717, 1.165) is 5.56 Å². The number of anilines is 1. The van der Waals surface area contributed by atoms with Gasteiger partial charge >= 0.3 is 5.97 Å². The number of amides is 1. The Kier molecular flexibility index (Phi) is 4.95. The van der Waals surface area contributed by atoms with E-state index in [4.69, 9.17) is 21.1 Å². The third-order valence-corrected chi connectivity index (χ3v) is 4.61. The van der Waals surface area contributed by atoms with Crippen LogP contribution >= 0.6 is 11.6 Å². The third-order valence-electron chi connectivity index (χ3n) is 4.21. The Hall–Kier alpha value is -2.53. The number of para-hydroxylation sites is 2. The highest BCUT2D eigenvalue weighted by Gasteiger charge is 2.36. The predicted octanol–water partition coefficient (Wildman–Crippen LogP) is 3.62. The van der Waals surface area contributed by atoms with E-state index in [-0.39, 0.29) is 18.9 Å². The molecular weight excluding hydrogens is 342 g/mol. The first-order valence-corrected chi connectivity index (χ1v) is 8.28. The van der Waals surface area contributed by atoms with E-state index in [2.05, 4.69) is 0 Å². The average Bonchev–Trinajstić information content (AvgIpc) is 3.00. The van der Waals surface area contributed by atoms with E-state index in [1.54, 1.807) is 35.2 Å². The minimum absolute atomic E-state index is 0.111. The Bertz CT molecular complexity index is 821. The van der Waals surface area contributed by atoms with Gasteiger partial charge in [0.25, 0.3) is 0 Å². The summed E-state index contributed by atoms with van der Waals surface area (Å²) in [4.78, 5) is 26.3. The number of carbonyl (C=O) groups excluding carboxylic acids is 2. The van der Waals surface area contributed by atoms with E-state index in [9.17, 15) is 9.59 Å². The fraction of sp³-hybridized carbons (Fsp3) is 0.263. The van der Waals surface area contributed by atoms with E-state index < -0.39 is 11.9 Å². The number of benzene rings is 2. The Morgan fingerprint density at radius 1 is 1.20 bits per heavy atom. The Morgan fingerprint density at radius 3 is 2.60 bits per heavy atom. The zero-order valence-electron chi connectivity index (χ0n) is 14.0. The monoisotopic (exact) mass is 359 g/mol. The van der Waals surface area contributed by atoms with Gasteiger partial charge in [-0.3, -0.25) is 9.59 Å². The molecule has 2 aromatic rings. The van der Waals surface area contributed by atoms with Crippen molar-refractivity contribution in [2.45, 2.75) is 13.3 Å². The van der Waals surface area contributed by atoms with Crippen LogP contribution in [0.15, 0.2) is 42.5 Å². The second kappa shape index (κ2) is 7.15. The molecule has 25 heavy (non-hydrogen) atoms. The van der Waals surface area contributed by atoms with E-state index in [0.29, 0.717) is 22.2 Å². The number of rotatable bonds is 4. The van der Waals surface area contributed by atoms with Crippen molar-refractivity contribution in [3.63, 3.8) is 0 Å². The third kappa shape index (κ3) is 3.61. The van der Waals surface area contributed by atoms with Gasteiger partial charge in [-0.25, -0.2) is 0 Å². The summed E-state index contributed by atoms with van der Waals surface area (Å²) in [7, 11) is 1.51.